The molecular weight excluding hydrogens is 233 g/mol. The van der Waals surface area contributed by atoms with Gasteiger partial charge in [0.05, 0.1) is 5.69 Å². The van der Waals surface area contributed by atoms with Crippen molar-refractivity contribution in [2.24, 2.45) is 0 Å². The molecule has 0 bridgehead atoms. The van der Waals surface area contributed by atoms with Crippen LogP contribution >= 0.6 is 0 Å². The first-order valence-electron chi connectivity index (χ1n) is 4.87. The number of aromatic nitrogens is 1. The number of ether oxygens (including phenoxy) is 1. The Balaban J connectivity index is 3.11. The van der Waals surface area contributed by atoms with Crippen LogP contribution in [0, 0.1) is 25.2 Å². The summed E-state index contributed by atoms with van der Waals surface area (Å²) in [7, 11) is 0. The zero-order valence-corrected chi connectivity index (χ0v) is 9.59. The fraction of sp³-hybridized carbons (Fsp3) is 0.455. The summed E-state index contributed by atoms with van der Waals surface area (Å²) in [5.74, 6) is -0.0812. The van der Waals surface area contributed by atoms with E-state index < -0.39 is 12.3 Å². The van der Waals surface area contributed by atoms with Gasteiger partial charge < -0.3 is 4.74 Å². The van der Waals surface area contributed by atoms with Crippen LogP contribution in [-0.2, 0) is 0 Å². The molecule has 0 aliphatic heterocycles. The van der Waals surface area contributed by atoms with Crippen molar-refractivity contribution in [3.63, 3.8) is 0 Å². The molecule has 0 aromatic carbocycles. The molecule has 0 fully saturated rings. The quantitative estimate of drug-likeness (QED) is 0.803. The topological polar surface area (TPSA) is 45.9 Å². The molecule has 0 aliphatic rings. The number of pyridine rings is 1. The van der Waals surface area contributed by atoms with E-state index in [1.807, 2.05) is 0 Å². The third kappa shape index (κ3) is 3.09. The predicted molar refractivity (Wildman–Crippen MR) is 54.6 cm³/mol. The van der Waals surface area contributed by atoms with Crippen LogP contribution in [0.25, 0.3) is 0 Å². The van der Waals surface area contributed by atoms with Gasteiger partial charge in [0.15, 0.2) is 6.10 Å². The van der Waals surface area contributed by atoms with Crippen molar-refractivity contribution in [3.05, 3.63) is 23.0 Å². The zero-order valence-electron chi connectivity index (χ0n) is 9.59. The van der Waals surface area contributed by atoms with Crippen molar-refractivity contribution in [1.82, 2.24) is 4.98 Å². The minimum atomic E-state index is -4.46. The first-order valence-corrected chi connectivity index (χ1v) is 4.87. The van der Waals surface area contributed by atoms with Crippen molar-refractivity contribution in [2.45, 2.75) is 33.1 Å². The minimum absolute atomic E-state index is 0.0340. The molecule has 1 rings (SSSR count). The van der Waals surface area contributed by atoms with Crippen molar-refractivity contribution in [3.8, 4) is 11.8 Å². The summed E-state index contributed by atoms with van der Waals surface area (Å²) in [5.41, 5.74) is 0.898. The Kier molecular flexibility index (Phi) is 3.61. The van der Waals surface area contributed by atoms with E-state index in [0.29, 0.717) is 11.4 Å². The van der Waals surface area contributed by atoms with E-state index in [1.165, 1.54) is 6.07 Å². The van der Waals surface area contributed by atoms with E-state index in [2.05, 4.69) is 4.98 Å². The molecule has 0 N–H and O–H groups in total. The molecule has 1 aromatic heterocycles. The number of nitrogens with zero attached hydrogens (tertiary/aromatic N) is 2. The third-order valence-corrected chi connectivity index (χ3v) is 2.17. The van der Waals surface area contributed by atoms with Gasteiger partial charge in [-0.2, -0.15) is 18.4 Å². The lowest BCUT2D eigenvalue weighted by atomic mass is 10.2. The van der Waals surface area contributed by atoms with Gasteiger partial charge in [-0.25, -0.2) is 0 Å². The Hall–Kier alpha value is -1.77. The average molecular weight is 244 g/mol. The van der Waals surface area contributed by atoms with E-state index >= 15 is 0 Å². The van der Waals surface area contributed by atoms with Gasteiger partial charge in [0, 0.05) is 11.8 Å². The molecule has 0 radical (unpaired) electrons. The Labute approximate surface area is 96.8 Å². The first-order chi connectivity index (χ1) is 7.75. The summed E-state index contributed by atoms with van der Waals surface area (Å²) in [6.07, 6.45) is -6.42. The molecule has 0 saturated heterocycles. The number of aryl methyl sites for hydroxylation is 2. The van der Waals surface area contributed by atoms with Gasteiger partial charge >= 0.3 is 6.18 Å². The minimum Gasteiger partial charge on any atom is -0.480 e. The maximum atomic E-state index is 12.3. The molecular formula is C11H11F3N2O. The van der Waals surface area contributed by atoms with Gasteiger partial charge in [-0.3, -0.25) is 4.98 Å². The largest absolute Gasteiger partial charge is 0.480 e. The fourth-order valence-corrected chi connectivity index (χ4v) is 1.28. The second kappa shape index (κ2) is 4.62. The highest BCUT2D eigenvalue weighted by Crippen LogP contribution is 2.28. The molecule has 1 aromatic rings. The standard InChI is InChI=1S/C11H11F3N2O/c1-6-4-10(9(5-15)7(2)16-6)17-8(3)11(12,13)14/h4,8H,1-3H3. The Morgan fingerprint density at radius 1 is 1.41 bits per heavy atom. The van der Waals surface area contributed by atoms with Crippen LogP contribution in [0.1, 0.15) is 23.9 Å². The summed E-state index contributed by atoms with van der Waals surface area (Å²) in [6.45, 7) is 4.07. The smallest absolute Gasteiger partial charge is 0.425 e. The highest BCUT2D eigenvalue weighted by Gasteiger charge is 2.38. The van der Waals surface area contributed by atoms with E-state index in [1.54, 1.807) is 19.9 Å². The molecule has 92 valence electrons. The lowest BCUT2D eigenvalue weighted by Crippen LogP contribution is -2.31. The fourth-order valence-electron chi connectivity index (χ4n) is 1.28. The van der Waals surface area contributed by atoms with Crippen LogP contribution in [-0.4, -0.2) is 17.3 Å². The van der Waals surface area contributed by atoms with Crippen molar-refractivity contribution >= 4 is 0 Å². The maximum Gasteiger partial charge on any atom is 0.425 e. The van der Waals surface area contributed by atoms with Crippen molar-refractivity contribution in [2.75, 3.05) is 0 Å². The molecule has 6 heteroatoms. The monoisotopic (exact) mass is 244 g/mol. The third-order valence-electron chi connectivity index (χ3n) is 2.17. The first kappa shape index (κ1) is 13.3. The predicted octanol–water partition coefficient (Wildman–Crippen LogP) is 2.90. The molecule has 0 aliphatic carbocycles. The lowest BCUT2D eigenvalue weighted by Gasteiger charge is -2.19. The summed E-state index contributed by atoms with van der Waals surface area (Å²) in [5, 5.41) is 8.85. The van der Waals surface area contributed by atoms with Crippen LogP contribution in [0.4, 0.5) is 13.2 Å². The second-order valence-corrected chi connectivity index (χ2v) is 3.64. The zero-order chi connectivity index (χ0) is 13.2. The molecule has 1 atom stereocenters. The van der Waals surface area contributed by atoms with Crippen LogP contribution in [0.15, 0.2) is 6.07 Å². The van der Waals surface area contributed by atoms with Gasteiger partial charge in [-0.15, -0.1) is 0 Å². The number of nitriles is 1. The maximum absolute atomic E-state index is 12.3. The Bertz CT molecular complexity index is 463. The van der Waals surface area contributed by atoms with E-state index in [4.69, 9.17) is 10.00 Å². The van der Waals surface area contributed by atoms with E-state index in [9.17, 15) is 13.2 Å². The number of rotatable bonds is 2. The van der Waals surface area contributed by atoms with Crippen LogP contribution in [0.3, 0.4) is 0 Å². The molecule has 0 spiro atoms. The molecule has 1 unspecified atom stereocenters. The molecule has 0 saturated carbocycles. The van der Waals surface area contributed by atoms with Crippen molar-refractivity contribution < 1.29 is 17.9 Å². The summed E-state index contributed by atoms with van der Waals surface area (Å²) in [6, 6.07) is 3.12. The van der Waals surface area contributed by atoms with Crippen LogP contribution < -0.4 is 4.74 Å². The van der Waals surface area contributed by atoms with Gasteiger partial charge in [0.2, 0.25) is 0 Å². The average Bonchev–Trinajstić information content (AvgIpc) is 2.15. The van der Waals surface area contributed by atoms with Crippen LogP contribution in [0.5, 0.6) is 5.75 Å². The summed E-state index contributed by atoms with van der Waals surface area (Å²) >= 11 is 0. The highest BCUT2D eigenvalue weighted by atomic mass is 19.4. The van der Waals surface area contributed by atoms with Gasteiger partial charge in [-0.05, 0) is 20.8 Å². The van der Waals surface area contributed by atoms with Crippen molar-refractivity contribution in [1.29, 1.82) is 5.26 Å². The Morgan fingerprint density at radius 2 is 2.00 bits per heavy atom. The van der Waals surface area contributed by atoms with Gasteiger partial charge in [0.1, 0.15) is 17.4 Å². The second-order valence-electron chi connectivity index (χ2n) is 3.64. The van der Waals surface area contributed by atoms with E-state index in [0.717, 1.165) is 6.92 Å². The normalized spacial score (nSPS) is 13.0. The van der Waals surface area contributed by atoms with Crippen LogP contribution in [0.2, 0.25) is 0 Å². The molecule has 0 amide bonds. The number of halogens is 3. The highest BCUT2D eigenvalue weighted by molar-refractivity contribution is 5.46. The molecule has 3 nitrogen and oxygen atoms in total. The molecule has 17 heavy (non-hydrogen) atoms. The number of alkyl halides is 3. The van der Waals surface area contributed by atoms with E-state index in [-0.39, 0.29) is 11.3 Å². The number of hydrogen-bond donors (Lipinski definition) is 0. The molecule has 1 heterocycles. The van der Waals surface area contributed by atoms with Gasteiger partial charge in [0.25, 0.3) is 0 Å². The number of hydrogen-bond acceptors (Lipinski definition) is 3. The lowest BCUT2D eigenvalue weighted by molar-refractivity contribution is -0.189. The SMILES string of the molecule is Cc1cc(OC(C)C(F)(F)F)c(C#N)c(C)n1. The van der Waals surface area contributed by atoms with Gasteiger partial charge in [-0.1, -0.05) is 0 Å². The Morgan fingerprint density at radius 3 is 2.47 bits per heavy atom. The summed E-state index contributed by atoms with van der Waals surface area (Å²) in [4.78, 5) is 3.99. The summed E-state index contributed by atoms with van der Waals surface area (Å²) < 4.78 is 41.8.